The van der Waals surface area contributed by atoms with Crippen LogP contribution in [0.2, 0.25) is 5.02 Å². The maximum absolute atomic E-state index is 13.2. The van der Waals surface area contributed by atoms with E-state index < -0.39 is 15.9 Å². The second-order valence-electron chi connectivity index (χ2n) is 6.57. The van der Waals surface area contributed by atoms with Gasteiger partial charge in [0, 0.05) is 21.7 Å². The summed E-state index contributed by atoms with van der Waals surface area (Å²) in [6.07, 6.45) is 1.56. The normalized spacial score (nSPS) is 17.9. The van der Waals surface area contributed by atoms with E-state index in [4.69, 9.17) is 16.3 Å². The van der Waals surface area contributed by atoms with Crippen LogP contribution in [0.25, 0.3) is 0 Å². The molecule has 1 heterocycles. The molecule has 7 heteroatoms. The average molecular weight is 406 g/mol. The van der Waals surface area contributed by atoms with Crippen LogP contribution in [0.1, 0.15) is 24.2 Å². The average Bonchev–Trinajstić information content (AvgIpc) is 2.95. The van der Waals surface area contributed by atoms with Crippen molar-refractivity contribution in [2.24, 2.45) is 0 Å². The summed E-state index contributed by atoms with van der Waals surface area (Å²) in [4.78, 5) is 14.7. The standard InChI is InChI=1S/C20H20ClNO4S/c1-14(2)26-19-8-6-15(7-9-19)20(23)22(17-5-3-4-16(21)12-17)18-10-11-27(24,25)13-18/h3-12,14,18H,13H2,1-2H3/t18-/m0/s1. The Labute approximate surface area is 164 Å². The lowest BCUT2D eigenvalue weighted by Crippen LogP contribution is -2.41. The van der Waals surface area contributed by atoms with Gasteiger partial charge < -0.3 is 9.64 Å². The Balaban J connectivity index is 1.95. The smallest absolute Gasteiger partial charge is 0.258 e. The highest BCUT2D eigenvalue weighted by molar-refractivity contribution is 7.94. The fourth-order valence-corrected chi connectivity index (χ4v) is 4.35. The number of anilines is 1. The van der Waals surface area contributed by atoms with Gasteiger partial charge in [0.25, 0.3) is 5.91 Å². The molecule has 0 aliphatic carbocycles. The molecule has 0 aromatic heterocycles. The minimum atomic E-state index is -3.32. The molecule has 2 aromatic rings. The van der Waals surface area contributed by atoms with E-state index in [0.717, 1.165) is 5.41 Å². The van der Waals surface area contributed by atoms with E-state index >= 15 is 0 Å². The maximum atomic E-state index is 13.2. The van der Waals surface area contributed by atoms with Crippen molar-refractivity contribution in [2.45, 2.75) is 26.0 Å². The van der Waals surface area contributed by atoms with Gasteiger partial charge in [0.05, 0.1) is 17.9 Å². The number of hydrogen-bond acceptors (Lipinski definition) is 4. The lowest BCUT2D eigenvalue weighted by atomic mass is 10.1. The summed E-state index contributed by atoms with van der Waals surface area (Å²) in [5.74, 6) is 0.207. The van der Waals surface area contributed by atoms with Gasteiger partial charge in [-0.25, -0.2) is 8.42 Å². The molecule has 0 fully saturated rings. The molecule has 0 bridgehead atoms. The first-order valence-corrected chi connectivity index (χ1v) is 10.6. The number of carbonyl (C=O) groups is 1. The van der Waals surface area contributed by atoms with Gasteiger partial charge in [-0.1, -0.05) is 17.7 Å². The number of nitrogens with zero attached hydrogens (tertiary/aromatic N) is 1. The Bertz CT molecular complexity index is 968. The van der Waals surface area contributed by atoms with Crippen LogP contribution in [0.3, 0.4) is 0 Å². The molecule has 0 unspecified atom stereocenters. The van der Waals surface area contributed by atoms with Crippen LogP contribution in [-0.2, 0) is 9.84 Å². The van der Waals surface area contributed by atoms with E-state index in [0.29, 0.717) is 22.0 Å². The molecule has 1 aliphatic heterocycles. The molecule has 0 spiro atoms. The molecule has 0 N–H and O–H groups in total. The summed E-state index contributed by atoms with van der Waals surface area (Å²) >= 11 is 6.08. The van der Waals surface area contributed by atoms with Gasteiger partial charge in [-0.15, -0.1) is 0 Å². The summed E-state index contributed by atoms with van der Waals surface area (Å²) in [6, 6.07) is 13.0. The van der Waals surface area contributed by atoms with Crippen molar-refractivity contribution in [3.8, 4) is 5.75 Å². The Morgan fingerprint density at radius 2 is 1.89 bits per heavy atom. The zero-order valence-electron chi connectivity index (χ0n) is 15.0. The van der Waals surface area contributed by atoms with E-state index in [-0.39, 0.29) is 17.8 Å². The van der Waals surface area contributed by atoms with E-state index in [1.165, 1.54) is 11.0 Å². The van der Waals surface area contributed by atoms with Crippen molar-refractivity contribution in [1.82, 2.24) is 0 Å². The molecule has 0 saturated carbocycles. The maximum Gasteiger partial charge on any atom is 0.258 e. The molecular formula is C20H20ClNO4S. The lowest BCUT2D eigenvalue weighted by Gasteiger charge is -2.28. The first-order chi connectivity index (χ1) is 12.7. The molecule has 3 rings (SSSR count). The van der Waals surface area contributed by atoms with Gasteiger partial charge in [-0.2, -0.15) is 0 Å². The molecule has 142 valence electrons. The highest BCUT2D eigenvalue weighted by Gasteiger charge is 2.32. The number of amides is 1. The van der Waals surface area contributed by atoms with Crippen LogP contribution in [-0.4, -0.2) is 32.2 Å². The largest absolute Gasteiger partial charge is 0.491 e. The minimum absolute atomic E-state index is 0.0309. The molecule has 2 aromatic carbocycles. The van der Waals surface area contributed by atoms with Crippen LogP contribution in [0.5, 0.6) is 5.75 Å². The molecule has 1 amide bonds. The summed E-state index contributed by atoms with van der Waals surface area (Å²) < 4.78 is 29.4. The second kappa shape index (κ2) is 7.74. The topological polar surface area (TPSA) is 63.7 Å². The lowest BCUT2D eigenvalue weighted by molar-refractivity contribution is 0.0983. The van der Waals surface area contributed by atoms with Gasteiger partial charge in [0.1, 0.15) is 5.75 Å². The van der Waals surface area contributed by atoms with Gasteiger partial charge in [0.2, 0.25) is 0 Å². The summed E-state index contributed by atoms with van der Waals surface area (Å²) in [6.45, 7) is 3.85. The quantitative estimate of drug-likeness (QED) is 0.751. The molecule has 1 aliphatic rings. The number of benzene rings is 2. The van der Waals surface area contributed by atoms with Crippen molar-refractivity contribution < 1.29 is 17.9 Å². The Kier molecular flexibility index (Phi) is 5.58. The minimum Gasteiger partial charge on any atom is -0.491 e. The number of ether oxygens (including phenoxy) is 1. The number of hydrogen-bond donors (Lipinski definition) is 0. The summed E-state index contributed by atoms with van der Waals surface area (Å²) in [5.41, 5.74) is 0.977. The number of rotatable bonds is 5. The van der Waals surface area contributed by atoms with E-state index in [2.05, 4.69) is 0 Å². The van der Waals surface area contributed by atoms with E-state index in [9.17, 15) is 13.2 Å². The third kappa shape index (κ3) is 4.70. The van der Waals surface area contributed by atoms with Crippen molar-refractivity contribution in [3.05, 3.63) is 70.6 Å². The number of halogens is 1. The number of carbonyl (C=O) groups excluding carboxylic acids is 1. The first-order valence-electron chi connectivity index (χ1n) is 8.52. The molecular weight excluding hydrogens is 386 g/mol. The van der Waals surface area contributed by atoms with Crippen molar-refractivity contribution >= 4 is 33.0 Å². The van der Waals surface area contributed by atoms with Crippen LogP contribution in [0.15, 0.2) is 60.0 Å². The van der Waals surface area contributed by atoms with Gasteiger partial charge in [0.15, 0.2) is 9.84 Å². The highest BCUT2D eigenvalue weighted by Crippen LogP contribution is 2.27. The predicted molar refractivity (Wildman–Crippen MR) is 107 cm³/mol. The Hall–Kier alpha value is -2.31. The van der Waals surface area contributed by atoms with Gasteiger partial charge in [-0.3, -0.25) is 4.79 Å². The first kappa shape index (κ1) is 19.5. The van der Waals surface area contributed by atoms with Crippen molar-refractivity contribution in [2.75, 3.05) is 10.7 Å². The zero-order valence-corrected chi connectivity index (χ0v) is 16.6. The molecule has 0 radical (unpaired) electrons. The SMILES string of the molecule is CC(C)Oc1ccc(C(=O)N(c2cccc(Cl)c2)[C@H]2C=CS(=O)(=O)C2)cc1. The Morgan fingerprint density at radius 3 is 2.44 bits per heavy atom. The third-order valence-electron chi connectivity index (χ3n) is 4.02. The molecule has 1 atom stereocenters. The van der Waals surface area contributed by atoms with Crippen LogP contribution in [0, 0.1) is 0 Å². The van der Waals surface area contributed by atoms with Crippen molar-refractivity contribution in [3.63, 3.8) is 0 Å². The van der Waals surface area contributed by atoms with Crippen molar-refractivity contribution in [1.29, 1.82) is 0 Å². The summed E-state index contributed by atoms with van der Waals surface area (Å²) in [7, 11) is -3.32. The predicted octanol–water partition coefficient (Wildman–Crippen LogP) is 4.08. The molecule has 5 nitrogen and oxygen atoms in total. The van der Waals surface area contributed by atoms with Crippen LogP contribution < -0.4 is 9.64 Å². The Morgan fingerprint density at radius 1 is 1.19 bits per heavy atom. The highest BCUT2D eigenvalue weighted by atomic mass is 35.5. The van der Waals surface area contributed by atoms with E-state index in [1.54, 1.807) is 48.5 Å². The fourth-order valence-electron chi connectivity index (χ4n) is 2.89. The number of sulfone groups is 1. The zero-order chi connectivity index (χ0) is 19.6. The third-order valence-corrected chi connectivity index (χ3v) is 5.63. The van der Waals surface area contributed by atoms with Crippen LogP contribution >= 0.6 is 11.6 Å². The second-order valence-corrected chi connectivity index (χ2v) is 8.94. The van der Waals surface area contributed by atoms with Gasteiger partial charge in [-0.05, 0) is 62.4 Å². The van der Waals surface area contributed by atoms with E-state index in [1.807, 2.05) is 13.8 Å². The molecule has 27 heavy (non-hydrogen) atoms. The van der Waals surface area contributed by atoms with Gasteiger partial charge >= 0.3 is 0 Å². The fraction of sp³-hybridized carbons (Fsp3) is 0.250. The summed E-state index contributed by atoms with van der Waals surface area (Å²) in [5, 5.41) is 1.62. The molecule has 0 saturated heterocycles. The monoisotopic (exact) mass is 405 g/mol. The van der Waals surface area contributed by atoms with Crippen LogP contribution in [0.4, 0.5) is 5.69 Å².